The Balaban J connectivity index is 1.78. The molecular weight excluding hydrogens is 323 g/mol. The first kappa shape index (κ1) is 16.5. The van der Waals surface area contributed by atoms with Crippen molar-refractivity contribution in [1.29, 1.82) is 0 Å². The summed E-state index contributed by atoms with van der Waals surface area (Å²) in [5, 5.41) is 13.9. The molecule has 0 saturated carbocycles. The van der Waals surface area contributed by atoms with E-state index in [4.69, 9.17) is 0 Å². The van der Waals surface area contributed by atoms with Gasteiger partial charge < -0.3 is 10.0 Å². The van der Waals surface area contributed by atoms with Gasteiger partial charge in [0, 0.05) is 18.9 Å². The fraction of sp³-hybridized carbons (Fsp3) is 0.375. The molecule has 1 N–H and O–H groups in total. The Morgan fingerprint density at radius 2 is 2.00 bits per heavy atom. The normalized spacial score (nSPS) is 21.2. The van der Waals surface area contributed by atoms with E-state index < -0.39 is 23.9 Å². The Hall–Kier alpha value is -2.35. The van der Waals surface area contributed by atoms with Crippen LogP contribution in [0.4, 0.5) is 13.2 Å². The van der Waals surface area contributed by atoms with Crippen molar-refractivity contribution < 1.29 is 23.1 Å². The van der Waals surface area contributed by atoms with Gasteiger partial charge in [0.2, 0.25) is 5.91 Å². The molecule has 0 unspecified atom stereocenters. The summed E-state index contributed by atoms with van der Waals surface area (Å²) in [6.45, 7) is 0.183. The van der Waals surface area contributed by atoms with E-state index in [1.165, 1.54) is 21.7 Å². The summed E-state index contributed by atoms with van der Waals surface area (Å²) in [6.07, 6.45) is -1.59. The number of aromatic nitrogens is 2. The number of nitrogens with zero attached hydrogens (tertiary/aromatic N) is 3. The van der Waals surface area contributed by atoms with Crippen molar-refractivity contribution in [2.45, 2.75) is 31.3 Å². The lowest BCUT2D eigenvalue weighted by molar-refractivity contribution is -0.137. The molecule has 2 atom stereocenters. The van der Waals surface area contributed by atoms with Crippen molar-refractivity contribution in [2.75, 3.05) is 6.54 Å². The largest absolute Gasteiger partial charge is 0.416 e. The quantitative estimate of drug-likeness (QED) is 0.933. The van der Waals surface area contributed by atoms with Crippen LogP contribution in [0.3, 0.4) is 0 Å². The zero-order chi connectivity index (χ0) is 17.3. The molecule has 1 aliphatic rings. The second kappa shape index (κ2) is 6.27. The summed E-state index contributed by atoms with van der Waals surface area (Å²) in [4.78, 5) is 13.9. The fourth-order valence-corrected chi connectivity index (χ4v) is 2.92. The van der Waals surface area contributed by atoms with Crippen LogP contribution in [-0.2, 0) is 17.5 Å². The Labute approximate surface area is 136 Å². The molecule has 2 aromatic rings. The zero-order valence-corrected chi connectivity index (χ0v) is 12.6. The zero-order valence-electron chi connectivity index (χ0n) is 12.6. The average Bonchev–Trinajstić information content (AvgIpc) is 3.16. The standard InChI is InChI=1S/C16H16F3N3O2/c17-16(18,19)12-4-2-11(3-5-12)14-8-13(23)9-22(14)15(24)10-21-7-1-6-20-21/h1-7,13-14,23H,8-10H2/t13-,14-/m1/s1. The Morgan fingerprint density at radius 1 is 1.29 bits per heavy atom. The van der Waals surface area contributed by atoms with Gasteiger partial charge in [0.1, 0.15) is 6.54 Å². The summed E-state index contributed by atoms with van der Waals surface area (Å²) in [7, 11) is 0. The fourth-order valence-electron chi connectivity index (χ4n) is 2.92. The maximum absolute atomic E-state index is 12.7. The highest BCUT2D eigenvalue weighted by atomic mass is 19.4. The molecule has 8 heteroatoms. The van der Waals surface area contributed by atoms with Gasteiger partial charge in [-0.05, 0) is 30.2 Å². The van der Waals surface area contributed by atoms with Crippen LogP contribution in [0.2, 0.25) is 0 Å². The molecule has 1 saturated heterocycles. The lowest BCUT2D eigenvalue weighted by Crippen LogP contribution is -2.34. The number of β-amino-alcohol motifs (C(OH)–C–C–N with tert-alkyl or cyclic N) is 1. The predicted octanol–water partition coefficient (Wildman–Crippen LogP) is 2.24. The molecular formula is C16H16F3N3O2. The van der Waals surface area contributed by atoms with Crippen LogP contribution in [0.5, 0.6) is 0 Å². The van der Waals surface area contributed by atoms with Crippen molar-refractivity contribution in [3.05, 3.63) is 53.9 Å². The number of likely N-dealkylation sites (tertiary alicyclic amines) is 1. The first-order valence-electron chi connectivity index (χ1n) is 7.46. The summed E-state index contributed by atoms with van der Waals surface area (Å²) in [6, 6.07) is 5.97. The maximum atomic E-state index is 12.7. The van der Waals surface area contributed by atoms with E-state index in [-0.39, 0.29) is 19.0 Å². The lowest BCUT2D eigenvalue weighted by Gasteiger charge is -2.25. The summed E-state index contributed by atoms with van der Waals surface area (Å²) >= 11 is 0. The van der Waals surface area contributed by atoms with Gasteiger partial charge in [-0.15, -0.1) is 0 Å². The number of hydrogen-bond donors (Lipinski definition) is 1. The highest BCUT2D eigenvalue weighted by Gasteiger charge is 2.36. The van der Waals surface area contributed by atoms with Gasteiger partial charge in [-0.1, -0.05) is 12.1 Å². The van der Waals surface area contributed by atoms with E-state index in [1.807, 2.05) is 0 Å². The smallest absolute Gasteiger partial charge is 0.391 e. The van der Waals surface area contributed by atoms with Crippen molar-refractivity contribution in [3.8, 4) is 0 Å². The topological polar surface area (TPSA) is 58.4 Å². The van der Waals surface area contributed by atoms with Crippen molar-refractivity contribution in [2.24, 2.45) is 0 Å². The minimum atomic E-state index is -4.40. The van der Waals surface area contributed by atoms with Gasteiger partial charge in [0.15, 0.2) is 0 Å². The first-order valence-corrected chi connectivity index (χ1v) is 7.46. The van der Waals surface area contributed by atoms with Gasteiger partial charge >= 0.3 is 6.18 Å². The van der Waals surface area contributed by atoms with Gasteiger partial charge in [-0.2, -0.15) is 18.3 Å². The van der Waals surface area contributed by atoms with Crippen LogP contribution >= 0.6 is 0 Å². The third-order valence-electron chi connectivity index (χ3n) is 4.08. The number of hydrogen-bond acceptors (Lipinski definition) is 3. The van der Waals surface area contributed by atoms with Crippen LogP contribution < -0.4 is 0 Å². The molecule has 0 radical (unpaired) electrons. The summed E-state index contributed by atoms with van der Waals surface area (Å²) < 4.78 is 39.5. The van der Waals surface area contributed by atoms with E-state index >= 15 is 0 Å². The van der Waals surface area contributed by atoms with Crippen molar-refractivity contribution >= 4 is 5.91 Å². The van der Waals surface area contributed by atoms with E-state index in [9.17, 15) is 23.1 Å². The molecule has 3 rings (SSSR count). The van der Waals surface area contributed by atoms with Crippen LogP contribution in [0.15, 0.2) is 42.7 Å². The molecule has 0 spiro atoms. The molecule has 128 valence electrons. The van der Waals surface area contributed by atoms with Crippen molar-refractivity contribution in [3.63, 3.8) is 0 Å². The van der Waals surface area contributed by atoms with Crippen LogP contribution in [0.1, 0.15) is 23.6 Å². The molecule has 1 fully saturated rings. The Kier molecular flexibility index (Phi) is 4.31. The monoisotopic (exact) mass is 339 g/mol. The number of halogens is 3. The maximum Gasteiger partial charge on any atom is 0.416 e. The van der Waals surface area contributed by atoms with Crippen molar-refractivity contribution in [1.82, 2.24) is 14.7 Å². The lowest BCUT2D eigenvalue weighted by atomic mass is 10.0. The van der Waals surface area contributed by atoms with Crippen LogP contribution in [0.25, 0.3) is 0 Å². The first-order chi connectivity index (χ1) is 11.3. The summed E-state index contributed by atoms with van der Waals surface area (Å²) in [5.74, 6) is -0.236. The molecule has 1 amide bonds. The Morgan fingerprint density at radius 3 is 2.58 bits per heavy atom. The minimum absolute atomic E-state index is 0.0247. The molecule has 1 aliphatic heterocycles. The molecule has 0 bridgehead atoms. The van der Waals surface area contributed by atoms with E-state index in [2.05, 4.69) is 5.10 Å². The Bertz CT molecular complexity index is 698. The highest BCUT2D eigenvalue weighted by Crippen LogP contribution is 2.35. The van der Waals surface area contributed by atoms with Gasteiger partial charge in [0.25, 0.3) is 0 Å². The summed E-state index contributed by atoms with van der Waals surface area (Å²) in [5.41, 5.74) is -0.160. The highest BCUT2D eigenvalue weighted by molar-refractivity contribution is 5.77. The van der Waals surface area contributed by atoms with Gasteiger partial charge in [-0.3, -0.25) is 9.48 Å². The number of alkyl halides is 3. The predicted molar refractivity (Wildman–Crippen MR) is 78.7 cm³/mol. The average molecular weight is 339 g/mol. The number of aliphatic hydroxyl groups excluding tert-OH is 1. The molecule has 5 nitrogen and oxygen atoms in total. The number of rotatable bonds is 3. The number of carbonyl (C=O) groups excluding carboxylic acids is 1. The molecule has 1 aromatic heterocycles. The molecule has 1 aromatic carbocycles. The number of carbonyl (C=O) groups is 1. The molecule has 24 heavy (non-hydrogen) atoms. The van der Waals surface area contributed by atoms with Crippen LogP contribution in [-0.4, -0.2) is 38.3 Å². The number of amides is 1. The van der Waals surface area contributed by atoms with E-state index in [0.29, 0.717) is 12.0 Å². The van der Waals surface area contributed by atoms with Gasteiger partial charge in [0.05, 0.1) is 17.7 Å². The minimum Gasteiger partial charge on any atom is -0.391 e. The van der Waals surface area contributed by atoms with Gasteiger partial charge in [-0.25, -0.2) is 0 Å². The second-order valence-corrected chi connectivity index (χ2v) is 5.77. The number of aliphatic hydroxyl groups is 1. The third kappa shape index (κ3) is 3.43. The molecule has 2 heterocycles. The molecule has 0 aliphatic carbocycles. The second-order valence-electron chi connectivity index (χ2n) is 5.77. The van der Waals surface area contributed by atoms with E-state index in [0.717, 1.165) is 12.1 Å². The SMILES string of the molecule is O=C(Cn1cccn1)N1C[C@H](O)C[C@@H]1c1ccc(C(F)(F)F)cc1. The number of benzene rings is 1. The van der Waals surface area contributed by atoms with Crippen LogP contribution in [0, 0.1) is 0 Å². The third-order valence-corrected chi connectivity index (χ3v) is 4.08. The van der Waals surface area contributed by atoms with E-state index in [1.54, 1.807) is 18.5 Å².